The van der Waals surface area contributed by atoms with Crippen LogP contribution in [0.3, 0.4) is 0 Å². The van der Waals surface area contributed by atoms with Crippen LogP contribution in [0.25, 0.3) is 0 Å². The number of amides is 3. The number of benzene rings is 2. The van der Waals surface area contributed by atoms with Crippen LogP contribution in [0.2, 0.25) is 0 Å². The second kappa shape index (κ2) is 7.45. The third kappa shape index (κ3) is 3.78. The molecule has 0 saturated carbocycles. The minimum atomic E-state index is -0.658. The summed E-state index contributed by atoms with van der Waals surface area (Å²) in [5, 5.41) is 18.4. The molecule has 0 unspecified atom stereocenters. The average molecular weight is 355 g/mol. The zero-order chi connectivity index (χ0) is 18.7. The predicted octanol–water partition coefficient (Wildman–Crippen LogP) is 2.43. The van der Waals surface area contributed by atoms with E-state index in [0.29, 0.717) is 23.5 Å². The molecule has 2 aromatic carbocycles. The van der Waals surface area contributed by atoms with E-state index in [9.17, 15) is 14.7 Å². The summed E-state index contributed by atoms with van der Waals surface area (Å²) in [5.74, 6) is 0.222. The Hall–Kier alpha value is -3.06. The summed E-state index contributed by atoms with van der Waals surface area (Å²) >= 11 is 0. The molecule has 7 nitrogen and oxygen atoms in total. The smallest absolute Gasteiger partial charge is 0.319 e. The summed E-state index contributed by atoms with van der Waals surface area (Å²) in [6.45, 7) is 1.41. The topological polar surface area (TPSA) is 99.7 Å². The lowest BCUT2D eigenvalue weighted by atomic mass is 10.1. The van der Waals surface area contributed by atoms with E-state index >= 15 is 0 Å². The number of methoxy groups -OCH3 is 1. The summed E-state index contributed by atoms with van der Waals surface area (Å²) in [4.78, 5) is 23.5. The van der Waals surface area contributed by atoms with Crippen LogP contribution in [0.4, 0.5) is 16.2 Å². The first-order valence-corrected chi connectivity index (χ1v) is 8.27. The van der Waals surface area contributed by atoms with Gasteiger partial charge in [-0.05, 0) is 23.3 Å². The number of rotatable bonds is 4. The number of aliphatic hydroxyl groups excluding tert-OH is 1. The fourth-order valence-corrected chi connectivity index (χ4v) is 3.12. The Labute approximate surface area is 151 Å². The van der Waals surface area contributed by atoms with Crippen LogP contribution in [0.1, 0.15) is 24.1 Å². The minimum Gasteiger partial charge on any atom is -0.494 e. The number of carbonyl (C=O) groups is 2. The molecule has 0 spiro atoms. The van der Waals surface area contributed by atoms with E-state index in [1.54, 1.807) is 18.2 Å². The van der Waals surface area contributed by atoms with Crippen molar-refractivity contribution in [3.05, 3.63) is 53.6 Å². The first kappa shape index (κ1) is 17.8. The Morgan fingerprint density at radius 1 is 1.15 bits per heavy atom. The number of nitrogens with one attached hydrogen (secondary N) is 3. The molecule has 2 aromatic rings. The van der Waals surface area contributed by atoms with Crippen molar-refractivity contribution in [2.75, 3.05) is 17.7 Å². The third-order valence-corrected chi connectivity index (χ3v) is 4.26. The molecule has 0 aromatic heterocycles. The lowest BCUT2D eigenvalue weighted by molar-refractivity contribution is -0.114. The zero-order valence-corrected chi connectivity index (χ0v) is 14.6. The number of aliphatic hydroxyl groups is 1. The van der Waals surface area contributed by atoms with Gasteiger partial charge in [-0.15, -0.1) is 0 Å². The monoisotopic (exact) mass is 355 g/mol. The van der Waals surface area contributed by atoms with Gasteiger partial charge in [-0.3, -0.25) is 4.79 Å². The molecule has 0 radical (unpaired) electrons. The number of ether oxygens (including phenoxy) is 1. The van der Waals surface area contributed by atoms with Gasteiger partial charge in [0.1, 0.15) is 5.75 Å². The summed E-state index contributed by atoms with van der Waals surface area (Å²) in [5.41, 5.74) is 2.99. The minimum absolute atomic E-state index is 0.212. The Kier molecular flexibility index (Phi) is 5.09. The molecule has 0 saturated heterocycles. The van der Waals surface area contributed by atoms with E-state index in [2.05, 4.69) is 16.0 Å². The molecule has 7 heteroatoms. The van der Waals surface area contributed by atoms with E-state index < -0.39 is 18.2 Å². The predicted molar refractivity (Wildman–Crippen MR) is 98.3 cm³/mol. The number of anilines is 2. The molecule has 0 bridgehead atoms. The van der Waals surface area contributed by atoms with Crippen molar-refractivity contribution >= 4 is 23.3 Å². The van der Waals surface area contributed by atoms with Crippen molar-refractivity contribution in [1.82, 2.24) is 5.32 Å². The Balaban J connectivity index is 1.70. The molecular formula is C19H21N3O4. The van der Waals surface area contributed by atoms with E-state index in [0.717, 1.165) is 11.1 Å². The number of urea groups is 1. The van der Waals surface area contributed by atoms with Crippen LogP contribution in [0.15, 0.2) is 42.5 Å². The highest BCUT2D eigenvalue weighted by molar-refractivity contribution is 5.93. The van der Waals surface area contributed by atoms with Crippen LogP contribution in [0, 0.1) is 0 Å². The number of carbonyl (C=O) groups excluding carboxylic acids is 2. The van der Waals surface area contributed by atoms with Crippen molar-refractivity contribution < 1.29 is 19.4 Å². The maximum atomic E-state index is 12.3. The molecule has 1 aliphatic carbocycles. The summed E-state index contributed by atoms with van der Waals surface area (Å²) in [6.07, 6.45) is -0.143. The third-order valence-electron chi connectivity index (χ3n) is 4.26. The van der Waals surface area contributed by atoms with Crippen molar-refractivity contribution in [1.29, 1.82) is 0 Å². The molecule has 0 heterocycles. The van der Waals surface area contributed by atoms with Crippen molar-refractivity contribution in [3.63, 3.8) is 0 Å². The molecule has 2 atom stereocenters. The van der Waals surface area contributed by atoms with Crippen molar-refractivity contribution in [2.45, 2.75) is 25.5 Å². The summed E-state index contributed by atoms with van der Waals surface area (Å²) in [7, 11) is 1.48. The van der Waals surface area contributed by atoms with E-state index in [-0.39, 0.29) is 5.91 Å². The van der Waals surface area contributed by atoms with E-state index in [1.807, 2.05) is 24.3 Å². The van der Waals surface area contributed by atoms with Crippen molar-refractivity contribution in [3.8, 4) is 5.75 Å². The maximum absolute atomic E-state index is 12.3. The van der Waals surface area contributed by atoms with E-state index in [4.69, 9.17) is 4.74 Å². The Bertz CT molecular complexity index is 837. The highest BCUT2D eigenvalue weighted by Gasteiger charge is 2.31. The Morgan fingerprint density at radius 2 is 1.92 bits per heavy atom. The fraction of sp³-hybridized carbons (Fsp3) is 0.263. The molecular weight excluding hydrogens is 334 g/mol. The molecule has 3 rings (SSSR count). The highest BCUT2D eigenvalue weighted by Crippen LogP contribution is 2.32. The molecule has 26 heavy (non-hydrogen) atoms. The largest absolute Gasteiger partial charge is 0.494 e. The van der Waals surface area contributed by atoms with Gasteiger partial charge in [0.2, 0.25) is 5.91 Å². The van der Waals surface area contributed by atoms with Crippen LogP contribution >= 0.6 is 0 Å². The van der Waals surface area contributed by atoms with Gasteiger partial charge in [-0.1, -0.05) is 24.3 Å². The molecule has 0 aliphatic heterocycles. The first-order chi connectivity index (χ1) is 12.5. The quantitative estimate of drug-likeness (QED) is 0.677. The van der Waals surface area contributed by atoms with Crippen LogP contribution in [-0.4, -0.2) is 30.3 Å². The Morgan fingerprint density at radius 3 is 2.65 bits per heavy atom. The molecule has 4 N–H and O–H groups in total. The summed E-state index contributed by atoms with van der Waals surface area (Å²) in [6, 6.07) is 11.7. The maximum Gasteiger partial charge on any atom is 0.319 e. The molecule has 3 amide bonds. The van der Waals surface area contributed by atoms with Gasteiger partial charge < -0.3 is 25.8 Å². The van der Waals surface area contributed by atoms with Gasteiger partial charge in [-0.2, -0.15) is 0 Å². The zero-order valence-electron chi connectivity index (χ0n) is 14.6. The fourth-order valence-electron chi connectivity index (χ4n) is 3.12. The van der Waals surface area contributed by atoms with Gasteiger partial charge in [0.25, 0.3) is 0 Å². The summed E-state index contributed by atoms with van der Waals surface area (Å²) < 4.78 is 5.24. The molecule has 0 fully saturated rings. The van der Waals surface area contributed by atoms with Gasteiger partial charge >= 0.3 is 6.03 Å². The highest BCUT2D eigenvalue weighted by atomic mass is 16.5. The van der Waals surface area contributed by atoms with Gasteiger partial charge in [0, 0.05) is 25.1 Å². The van der Waals surface area contributed by atoms with Gasteiger partial charge in [-0.25, -0.2) is 4.79 Å². The lowest BCUT2D eigenvalue weighted by Crippen LogP contribution is -2.36. The van der Waals surface area contributed by atoms with Gasteiger partial charge in [0.15, 0.2) is 0 Å². The average Bonchev–Trinajstić information content (AvgIpc) is 2.91. The van der Waals surface area contributed by atoms with E-state index in [1.165, 1.54) is 14.0 Å². The number of fused-ring (bicyclic) bond motifs is 1. The second-order valence-corrected chi connectivity index (χ2v) is 6.14. The van der Waals surface area contributed by atoms with Gasteiger partial charge in [0.05, 0.1) is 24.9 Å². The van der Waals surface area contributed by atoms with Crippen LogP contribution < -0.4 is 20.7 Å². The van der Waals surface area contributed by atoms with Crippen LogP contribution in [-0.2, 0) is 11.2 Å². The SMILES string of the molecule is COc1cc(NC(=O)N[C@@H]2c3ccccc3C[C@@H]2O)ccc1NC(C)=O. The first-order valence-electron chi connectivity index (χ1n) is 8.27. The van der Waals surface area contributed by atoms with Crippen LogP contribution in [0.5, 0.6) is 5.75 Å². The second-order valence-electron chi connectivity index (χ2n) is 6.14. The molecule has 1 aliphatic rings. The standard InChI is InChI=1S/C19H21N3O4/c1-11(23)20-15-8-7-13(10-17(15)26-2)21-19(25)22-18-14-6-4-3-5-12(14)9-16(18)24/h3-8,10,16,18,24H,9H2,1-2H3,(H,20,23)(H2,21,22,25)/t16-,18+/m0/s1. The molecule has 136 valence electrons. The number of hydrogen-bond donors (Lipinski definition) is 4. The normalized spacial score (nSPS) is 18.0. The number of hydrogen-bond acceptors (Lipinski definition) is 4. The van der Waals surface area contributed by atoms with Crippen molar-refractivity contribution in [2.24, 2.45) is 0 Å². The lowest BCUT2D eigenvalue weighted by Gasteiger charge is -2.19.